The van der Waals surface area contributed by atoms with E-state index in [1.54, 1.807) is 0 Å². The van der Waals surface area contributed by atoms with E-state index in [1.807, 2.05) is 42.7 Å². The van der Waals surface area contributed by atoms with Gasteiger partial charge in [-0.05, 0) is 55.0 Å². The Morgan fingerprint density at radius 3 is 2.53 bits per heavy atom. The first-order chi connectivity index (χ1) is 15.8. The van der Waals surface area contributed by atoms with Crippen LogP contribution in [0.2, 0.25) is 0 Å². The zero-order chi connectivity index (χ0) is 21.8. The van der Waals surface area contributed by atoms with Gasteiger partial charge in [-0.3, -0.25) is 9.88 Å². The summed E-state index contributed by atoms with van der Waals surface area (Å²) in [5.41, 5.74) is 2.14. The first-order valence-electron chi connectivity index (χ1n) is 11.2. The number of morpholine rings is 1. The number of pyridine rings is 2. The molecule has 2 fully saturated rings. The molecule has 7 nitrogen and oxygen atoms in total. The van der Waals surface area contributed by atoms with Gasteiger partial charge in [0.25, 0.3) is 0 Å². The summed E-state index contributed by atoms with van der Waals surface area (Å²) in [4.78, 5) is 14.0. The largest absolute Gasteiger partial charge is 0.379 e. The van der Waals surface area contributed by atoms with Crippen molar-refractivity contribution in [2.24, 2.45) is 0 Å². The standard InChI is InChI=1S/C24H28N6OS/c32-24-27-22(19-7-1-3-10-25-19)23(30(24)14-6-12-28-15-17-31-18-16-28)20-8-5-13-29(20)21-9-2-4-11-26-21/h1-5,7-11,13,22-23H,6,12,14-18H2,(H,27,32)/t22-,23-/m1/s1. The second kappa shape index (κ2) is 9.77. The Kier molecular flexibility index (Phi) is 6.43. The maximum absolute atomic E-state index is 5.83. The van der Waals surface area contributed by atoms with E-state index in [0.717, 1.165) is 68.1 Å². The molecule has 2 aliphatic heterocycles. The second-order valence-corrected chi connectivity index (χ2v) is 8.51. The Balaban J connectivity index is 1.43. The quantitative estimate of drug-likeness (QED) is 0.558. The van der Waals surface area contributed by atoms with Crippen molar-refractivity contribution in [3.63, 3.8) is 0 Å². The van der Waals surface area contributed by atoms with Crippen LogP contribution in [0.1, 0.15) is 29.9 Å². The third-order valence-electron chi connectivity index (χ3n) is 6.15. The molecule has 1 N–H and O–H groups in total. The lowest BCUT2D eigenvalue weighted by Crippen LogP contribution is -2.39. The number of hydrogen-bond donors (Lipinski definition) is 1. The number of nitrogens with one attached hydrogen (secondary N) is 1. The van der Waals surface area contributed by atoms with Gasteiger partial charge in [0.15, 0.2) is 5.11 Å². The topological polar surface area (TPSA) is 58.5 Å². The highest BCUT2D eigenvalue weighted by Gasteiger charge is 2.41. The molecule has 0 aromatic carbocycles. The van der Waals surface area contributed by atoms with Gasteiger partial charge in [-0.2, -0.15) is 0 Å². The van der Waals surface area contributed by atoms with Crippen molar-refractivity contribution >= 4 is 17.3 Å². The molecule has 0 saturated carbocycles. The molecule has 5 heterocycles. The van der Waals surface area contributed by atoms with Crippen molar-refractivity contribution in [2.45, 2.75) is 18.5 Å². The Morgan fingerprint density at radius 1 is 0.969 bits per heavy atom. The highest BCUT2D eigenvalue weighted by atomic mass is 32.1. The lowest BCUT2D eigenvalue weighted by molar-refractivity contribution is 0.0365. The van der Waals surface area contributed by atoms with E-state index >= 15 is 0 Å². The predicted molar refractivity (Wildman–Crippen MR) is 128 cm³/mol. The Hall–Kier alpha value is -2.81. The van der Waals surface area contributed by atoms with Crippen LogP contribution in [0.3, 0.4) is 0 Å². The van der Waals surface area contributed by atoms with Gasteiger partial charge in [-0.1, -0.05) is 12.1 Å². The maximum atomic E-state index is 5.83. The predicted octanol–water partition coefficient (Wildman–Crippen LogP) is 2.96. The highest BCUT2D eigenvalue weighted by Crippen LogP contribution is 2.39. The van der Waals surface area contributed by atoms with Crippen LogP contribution in [0.4, 0.5) is 0 Å². The number of nitrogens with zero attached hydrogens (tertiary/aromatic N) is 5. The SMILES string of the molecule is S=C1N[C@H](c2ccccn2)[C@@H](c2cccn2-c2ccccn2)N1CCCN1CCOCC1. The lowest BCUT2D eigenvalue weighted by atomic mass is 10.0. The monoisotopic (exact) mass is 448 g/mol. The van der Waals surface area contributed by atoms with Crippen LogP contribution in [-0.2, 0) is 4.74 Å². The van der Waals surface area contributed by atoms with Crippen LogP contribution < -0.4 is 5.32 Å². The minimum absolute atomic E-state index is 0.0237. The minimum atomic E-state index is -0.0237. The fourth-order valence-electron chi connectivity index (χ4n) is 4.60. The number of aromatic nitrogens is 3. The molecule has 0 amide bonds. The maximum Gasteiger partial charge on any atom is 0.170 e. The smallest absolute Gasteiger partial charge is 0.170 e. The first-order valence-corrected chi connectivity index (χ1v) is 11.6. The van der Waals surface area contributed by atoms with E-state index in [2.05, 4.69) is 54.0 Å². The molecule has 8 heteroatoms. The van der Waals surface area contributed by atoms with E-state index in [9.17, 15) is 0 Å². The average Bonchev–Trinajstić information content (AvgIpc) is 3.45. The summed E-state index contributed by atoms with van der Waals surface area (Å²) in [5, 5.41) is 4.33. The van der Waals surface area contributed by atoms with Gasteiger partial charge in [0, 0.05) is 50.5 Å². The molecule has 0 unspecified atom stereocenters. The molecule has 0 bridgehead atoms. The van der Waals surface area contributed by atoms with Gasteiger partial charge in [0.1, 0.15) is 5.82 Å². The van der Waals surface area contributed by atoms with Gasteiger partial charge < -0.3 is 19.5 Å². The van der Waals surface area contributed by atoms with Crippen LogP contribution in [0.5, 0.6) is 0 Å². The van der Waals surface area contributed by atoms with E-state index in [-0.39, 0.29) is 12.1 Å². The summed E-state index contributed by atoms with van der Waals surface area (Å²) >= 11 is 5.83. The average molecular weight is 449 g/mol. The van der Waals surface area contributed by atoms with Gasteiger partial charge >= 0.3 is 0 Å². The van der Waals surface area contributed by atoms with Crippen molar-refractivity contribution < 1.29 is 4.74 Å². The van der Waals surface area contributed by atoms with E-state index in [1.165, 1.54) is 0 Å². The summed E-state index contributed by atoms with van der Waals surface area (Å²) in [7, 11) is 0. The minimum Gasteiger partial charge on any atom is -0.379 e. The van der Waals surface area contributed by atoms with Gasteiger partial charge in [-0.25, -0.2) is 4.98 Å². The van der Waals surface area contributed by atoms with Crippen molar-refractivity contribution in [3.05, 3.63) is 78.5 Å². The highest BCUT2D eigenvalue weighted by molar-refractivity contribution is 7.80. The molecule has 5 rings (SSSR count). The van der Waals surface area contributed by atoms with Crippen LogP contribution in [0, 0.1) is 0 Å². The molecule has 2 saturated heterocycles. The zero-order valence-electron chi connectivity index (χ0n) is 18.0. The van der Waals surface area contributed by atoms with Crippen LogP contribution in [0.15, 0.2) is 67.1 Å². The number of thiocarbonyl (C=S) groups is 1. The summed E-state index contributed by atoms with van der Waals surface area (Å²) in [6, 6.07) is 16.3. The molecule has 2 atom stereocenters. The van der Waals surface area contributed by atoms with Crippen LogP contribution in [-0.4, -0.2) is 68.8 Å². The summed E-state index contributed by atoms with van der Waals surface area (Å²) in [5.74, 6) is 0.901. The molecule has 0 radical (unpaired) electrons. The lowest BCUT2D eigenvalue weighted by Gasteiger charge is -2.30. The number of rotatable bonds is 7. The molecule has 0 aliphatic carbocycles. The molecule has 32 heavy (non-hydrogen) atoms. The Morgan fingerprint density at radius 2 is 1.78 bits per heavy atom. The molecular formula is C24H28N6OS. The van der Waals surface area contributed by atoms with E-state index in [0.29, 0.717) is 0 Å². The second-order valence-electron chi connectivity index (χ2n) is 8.12. The molecule has 2 aliphatic rings. The van der Waals surface area contributed by atoms with Crippen LogP contribution in [0.25, 0.3) is 5.82 Å². The fraction of sp³-hybridized carbons (Fsp3) is 0.375. The van der Waals surface area contributed by atoms with Gasteiger partial charge in [-0.15, -0.1) is 0 Å². The Bertz CT molecular complexity index is 1020. The zero-order valence-corrected chi connectivity index (χ0v) is 18.8. The normalized spacial score (nSPS) is 21.6. The van der Waals surface area contributed by atoms with Crippen molar-refractivity contribution in [1.29, 1.82) is 0 Å². The molecule has 166 valence electrons. The molecule has 0 spiro atoms. The van der Waals surface area contributed by atoms with E-state index < -0.39 is 0 Å². The number of hydrogen-bond acceptors (Lipinski definition) is 5. The van der Waals surface area contributed by atoms with Crippen LogP contribution >= 0.6 is 12.2 Å². The molecular weight excluding hydrogens is 420 g/mol. The summed E-state index contributed by atoms with van der Waals surface area (Å²) in [6.07, 6.45) is 6.78. The van der Waals surface area contributed by atoms with E-state index in [4.69, 9.17) is 17.0 Å². The number of ether oxygens (including phenoxy) is 1. The fourth-order valence-corrected chi connectivity index (χ4v) is 4.93. The van der Waals surface area contributed by atoms with Gasteiger partial charge in [0.2, 0.25) is 0 Å². The van der Waals surface area contributed by atoms with Crippen molar-refractivity contribution in [3.8, 4) is 5.82 Å². The Labute approximate surface area is 194 Å². The van der Waals surface area contributed by atoms with Gasteiger partial charge in [0.05, 0.1) is 31.0 Å². The molecule has 3 aromatic heterocycles. The van der Waals surface area contributed by atoms with Crippen molar-refractivity contribution in [1.82, 2.24) is 29.7 Å². The van der Waals surface area contributed by atoms with Crippen molar-refractivity contribution in [2.75, 3.05) is 39.4 Å². The molecule has 3 aromatic rings. The summed E-state index contributed by atoms with van der Waals surface area (Å²) in [6.45, 7) is 5.59. The first kappa shape index (κ1) is 21.1. The third kappa shape index (κ3) is 4.39. The summed E-state index contributed by atoms with van der Waals surface area (Å²) < 4.78 is 7.64. The third-order valence-corrected chi connectivity index (χ3v) is 6.51.